The normalized spacial score (nSPS) is 12.4. The zero-order valence-corrected chi connectivity index (χ0v) is 11.2. The molecule has 0 fully saturated rings. The summed E-state index contributed by atoms with van der Waals surface area (Å²) in [5.41, 5.74) is 1.25. The molecule has 1 rings (SSSR count). The molecule has 0 radical (unpaired) electrons. The molecule has 1 unspecified atom stereocenters. The third-order valence-electron chi connectivity index (χ3n) is 2.80. The lowest BCUT2D eigenvalue weighted by atomic mass is 10.0. The van der Waals surface area contributed by atoms with Crippen LogP contribution in [0.2, 0.25) is 0 Å². The van der Waals surface area contributed by atoms with E-state index >= 15 is 0 Å². The van der Waals surface area contributed by atoms with E-state index in [0.29, 0.717) is 19.3 Å². The lowest BCUT2D eigenvalue weighted by molar-refractivity contribution is 0.0925. The Bertz CT molecular complexity index is 313. The summed E-state index contributed by atoms with van der Waals surface area (Å²) >= 11 is 0. The van der Waals surface area contributed by atoms with Gasteiger partial charge in [-0.1, -0.05) is 19.1 Å². The summed E-state index contributed by atoms with van der Waals surface area (Å²) < 4.78 is 10.4. The third-order valence-corrected chi connectivity index (χ3v) is 2.80. The maximum atomic E-state index is 8.59. The molecule has 1 aromatic rings. The predicted octanol–water partition coefficient (Wildman–Crippen LogP) is 1.74. The highest BCUT2D eigenvalue weighted by molar-refractivity contribution is 5.29. The van der Waals surface area contributed by atoms with Gasteiger partial charge in [0.05, 0.1) is 26.9 Å². The SMILES string of the molecule is CCC(NCCOCCO)c1ccc(OC)cc1. The average Bonchev–Trinajstić information content (AvgIpc) is 2.43. The molecule has 4 heteroatoms. The van der Waals surface area contributed by atoms with Crippen molar-refractivity contribution in [1.29, 1.82) is 0 Å². The smallest absolute Gasteiger partial charge is 0.118 e. The molecule has 0 amide bonds. The molecule has 0 spiro atoms. The Kier molecular flexibility index (Phi) is 7.41. The minimum absolute atomic E-state index is 0.0791. The van der Waals surface area contributed by atoms with E-state index in [2.05, 4.69) is 24.4 Å². The van der Waals surface area contributed by atoms with Gasteiger partial charge in [0.1, 0.15) is 5.75 Å². The standard InChI is InChI=1S/C14H23NO3/c1-3-14(15-8-10-18-11-9-16)12-4-6-13(17-2)7-5-12/h4-7,14-16H,3,8-11H2,1-2H3. The van der Waals surface area contributed by atoms with Crippen molar-refractivity contribution in [3.63, 3.8) is 0 Å². The van der Waals surface area contributed by atoms with Crippen LogP contribution in [0, 0.1) is 0 Å². The van der Waals surface area contributed by atoms with Crippen molar-refractivity contribution in [3.05, 3.63) is 29.8 Å². The predicted molar refractivity (Wildman–Crippen MR) is 71.9 cm³/mol. The van der Waals surface area contributed by atoms with E-state index in [1.165, 1.54) is 5.56 Å². The Morgan fingerprint density at radius 2 is 1.94 bits per heavy atom. The summed E-state index contributed by atoms with van der Waals surface area (Å²) in [6, 6.07) is 8.43. The van der Waals surface area contributed by atoms with Crippen LogP contribution in [0.3, 0.4) is 0 Å². The molecule has 2 N–H and O–H groups in total. The van der Waals surface area contributed by atoms with Crippen LogP contribution < -0.4 is 10.1 Å². The van der Waals surface area contributed by atoms with E-state index in [4.69, 9.17) is 14.6 Å². The highest BCUT2D eigenvalue weighted by Gasteiger charge is 2.08. The van der Waals surface area contributed by atoms with Crippen molar-refractivity contribution >= 4 is 0 Å². The first-order chi connectivity index (χ1) is 8.81. The molecule has 0 bridgehead atoms. The summed E-state index contributed by atoms with van der Waals surface area (Å²) in [6.45, 7) is 4.03. The number of hydrogen-bond donors (Lipinski definition) is 2. The van der Waals surface area contributed by atoms with Crippen molar-refractivity contribution < 1.29 is 14.6 Å². The average molecular weight is 253 g/mol. The van der Waals surface area contributed by atoms with Gasteiger partial charge in [-0.25, -0.2) is 0 Å². The molecule has 0 aliphatic rings. The van der Waals surface area contributed by atoms with Gasteiger partial charge in [0, 0.05) is 12.6 Å². The number of aliphatic hydroxyl groups is 1. The van der Waals surface area contributed by atoms with Crippen LogP contribution >= 0.6 is 0 Å². The molecule has 0 heterocycles. The fraction of sp³-hybridized carbons (Fsp3) is 0.571. The van der Waals surface area contributed by atoms with Gasteiger partial charge in [-0.3, -0.25) is 0 Å². The van der Waals surface area contributed by atoms with Crippen LogP contribution in [0.5, 0.6) is 5.75 Å². The van der Waals surface area contributed by atoms with Crippen LogP contribution in [-0.2, 0) is 4.74 Å². The van der Waals surface area contributed by atoms with Crippen molar-refractivity contribution in [2.45, 2.75) is 19.4 Å². The van der Waals surface area contributed by atoms with Crippen molar-refractivity contribution in [2.24, 2.45) is 0 Å². The summed E-state index contributed by atoms with van der Waals surface area (Å²) in [5, 5.41) is 12.0. The third kappa shape index (κ3) is 5.04. The summed E-state index contributed by atoms with van der Waals surface area (Å²) in [7, 11) is 1.67. The molecule has 102 valence electrons. The Hall–Kier alpha value is -1.10. The maximum Gasteiger partial charge on any atom is 0.118 e. The Balaban J connectivity index is 2.39. The second-order valence-electron chi connectivity index (χ2n) is 4.02. The van der Waals surface area contributed by atoms with E-state index in [9.17, 15) is 0 Å². The van der Waals surface area contributed by atoms with Gasteiger partial charge in [0.15, 0.2) is 0 Å². The number of nitrogens with one attached hydrogen (secondary N) is 1. The van der Waals surface area contributed by atoms with Crippen molar-refractivity contribution in [3.8, 4) is 5.75 Å². The first-order valence-corrected chi connectivity index (χ1v) is 6.37. The molecule has 0 aliphatic carbocycles. The number of hydrogen-bond acceptors (Lipinski definition) is 4. The van der Waals surface area contributed by atoms with Gasteiger partial charge in [-0.2, -0.15) is 0 Å². The Morgan fingerprint density at radius 1 is 1.22 bits per heavy atom. The molecule has 0 saturated heterocycles. The lowest BCUT2D eigenvalue weighted by Crippen LogP contribution is -2.25. The van der Waals surface area contributed by atoms with E-state index in [1.54, 1.807) is 7.11 Å². The molecule has 0 aliphatic heterocycles. The minimum atomic E-state index is 0.0791. The molecule has 4 nitrogen and oxygen atoms in total. The van der Waals surface area contributed by atoms with Crippen LogP contribution in [0.25, 0.3) is 0 Å². The highest BCUT2D eigenvalue weighted by Crippen LogP contribution is 2.19. The van der Waals surface area contributed by atoms with E-state index in [1.807, 2.05) is 12.1 Å². The highest BCUT2D eigenvalue weighted by atomic mass is 16.5. The zero-order chi connectivity index (χ0) is 13.2. The fourth-order valence-electron chi connectivity index (χ4n) is 1.81. The zero-order valence-electron chi connectivity index (χ0n) is 11.2. The largest absolute Gasteiger partial charge is 0.497 e. The van der Waals surface area contributed by atoms with Gasteiger partial charge >= 0.3 is 0 Å². The molecular weight excluding hydrogens is 230 g/mol. The molecule has 0 saturated carbocycles. The number of aliphatic hydroxyl groups excluding tert-OH is 1. The van der Waals surface area contributed by atoms with Crippen LogP contribution in [0.15, 0.2) is 24.3 Å². The van der Waals surface area contributed by atoms with E-state index in [0.717, 1.165) is 18.7 Å². The second-order valence-corrected chi connectivity index (χ2v) is 4.02. The quantitative estimate of drug-likeness (QED) is 0.658. The van der Waals surface area contributed by atoms with Crippen molar-refractivity contribution in [1.82, 2.24) is 5.32 Å². The number of benzene rings is 1. The Morgan fingerprint density at radius 3 is 2.50 bits per heavy atom. The van der Waals surface area contributed by atoms with E-state index < -0.39 is 0 Å². The molecular formula is C14H23NO3. The maximum absolute atomic E-state index is 8.59. The number of ether oxygens (including phenoxy) is 2. The summed E-state index contributed by atoms with van der Waals surface area (Å²) in [6.07, 6.45) is 1.02. The van der Waals surface area contributed by atoms with E-state index in [-0.39, 0.29) is 6.61 Å². The van der Waals surface area contributed by atoms with Gasteiger partial charge in [0.2, 0.25) is 0 Å². The van der Waals surface area contributed by atoms with Gasteiger partial charge < -0.3 is 19.9 Å². The van der Waals surface area contributed by atoms with Gasteiger partial charge in [-0.05, 0) is 24.1 Å². The van der Waals surface area contributed by atoms with Crippen LogP contribution in [0.1, 0.15) is 24.9 Å². The van der Waals surface area contributed by atoms with Crippen molar-refractivity contribution in [2.75, 3.05) is 33.5 Å². The van der Waals surface area contributed by atoms with Crippen LogP contribution in [-0.4, -0.2) is 38.6 Å². The lowest BCUT2D eigenvalue weighted by Gasteiger charge is -2.17. The summed E-state index contributed by atoms with van der Waals surface area (Å²) in [5.74, 6) is 0.875. The monoisotopic (exact) mass is 253 g/mol. The van der Waals surface area contributed by atoms with Gasteiger partial charge in [-0.15, -0.1) is 0 Å². The molecule has 0 aromatic heterocycles. The first kappa shape index (κ1) is 15.0. The van der Waals surface area contributed by atoms with Crippen LogP contribution in [0.4, 0.5) is 0 Å². The molecule has 1 aromatic carbocycles. The van der Waals surface area contributed by atoms with Gasteiger partial charge in [0.25, 0.3) is 0 Å². The first-order valence-electron chi connectivity index (χ1n) is 6.37. The topological polar surface area (TPSA) is 50.7 Å². The molecule has 18 heavy (non-hydrogen) atoms. The second kappa shape index (κ2) is 8.91. The molecule has 1 atom stereocenters. The fourth-order valence-corrected chi connectivity index (χ4v) is 1.81. The number of rotatable bonds is 9. The summed E-state index contributed by atoms with van der Waals surface area (Å²) in [4.78, 5) is 0. The Labute approximate surface area is 109 Å². The number of methoxy groups -OCH3 is 1. The minimum Gasteiger partial charge on any atom is -0.497 e.